The Morgan fingerprint density at radius 2 is 0.435 bits per heavy atom. The second-order valence-electron chi connectivity index (χ2n) is 13.6. The van der Waals surface area contributed by atoms with Crippen LogP contribution in [-0.2, 0) is 9.59 Å². The van der Waals surface area contributed by atoms with Crippen LogP contribution in [0.25, 0.3) is 0 Å². The van der Waals surface area contributed by atoms with E-state index in [0.717, 1.165) is 25.7 Å². The van der Waals surface area contributed by atoms with Crippen LogP contribution >= 0.6 is 0 Å². The van der Waals surface area contributed by atoms with Gasteiger partial charge >= 0.3 is 17.4 Å². The summed E-state index contributed by atoms with van der Waals surface area (Å²) < 4.78 is 0. The molecule has 0 fully saturated rings. The normalized spacial score (nSPS) is 10.5. The SMILES string of the molecule is CCCCCCCCCCCCCCCCCCCC(=O)[O-].CCCCCCCCCCCCCCCCCCCC(=O)[O-].[Al+3].[OH-]. The summed E-state index contributed by atoms with van der Waals surface area (Å²) in [7, 11) is 0. The molecule has 0 unspecified atom stereocenters. The predicted octanol–water partition coefficient (Wildman–Crippen LogP) is 11.0. The second kappa shape index (κ2) is 48.8. The predicted molar refractivity (Wildman–Crippen MR) is 195 cm³/mol. The molecule has 0 spiro atoms. The van der Waals surface area contributed by atoms with Gasteiger partial charge in [-0.2, -0.15) is 0 Å². The second-order valence-corrected chi connectivity index (χ2v) is 13.6. The van der Waals surface area contributed by atoms with Crippen LogP contribution in [0.3, 0.4) is 0 Å². The number of aliphatic carboxylic acids is 2. The molecular weight excluding hydrogens is 587 g/mol. The number of unbranched alkanes of at least 4 members (excludes halogenated alkanes) is 32. The van der Waals surface area contributed by atoms with Crippen molar-refractivity contribution in [1.29, 1.82) is 0 Å². The summed E-state index contributed by atoms with van der Waals surface area (Å²) in [4.78, 5) is 20.5. The van der Waals surface area contributed by atoms with Gasteiger partial charge in [-0.3, -0.25) is 0 Å². The average molecular weight is 667 g/mol. The fraction of sp³-hybridized carbons (Fsp3) is 0.950. The van der Waals surface area contributed by atoms with Gasteiger partial charge in [-0.1, -0.05) is 219 Å². The van der Waals surface area contributed by atoms with Crippen LogP contribution in [-0.4, -0.2) is 34.8 Å². The average Bonchev–Trinajstić information content (AvgIpc) is 3.00. The molecule has 46 heavy (non-hydrogen) atoms. The molecule has 5 nitrogen and oxygen atoms in total. The van der Waals surface area contributed by atoms with Gasteiger partial charge in [0.25, 0.3) is 0 Å². The molecule has 0 aliphatic carbocycles. The Hall–Kier alpha value is -0.568. The first-order chi connectivity index (χ1) is 21.5. The van der Waals surface area contributed by atoms with Gasteiger partial charge in [0.2, 0.25) is 0 Å². The molecule has 0 aliphatic rings. The van der Waals surface area contributed by atoms with E-state index in [0.29, 0.717) is 0 Å². The Morgan fingerprint density at radius 1 is 0.304 bits per heavy atom. The number of carboxylic acid groups (broad SMARTS) is 2. The summed E-state index contributed by atoms with van der Waals surface area (Å²) in [6, 6.07) is 0. The minimum absolute atomic E-state index is 0. The van der Waals surface area contributed by atoms with E-state index in [4.69, 9.17) is 0 Å². The van der Waals surface area contributed by atoms with Crippen LogP contribution in [0.1, 0.15) is 245 Å². The minimum atomic E-state index is -0.902. The zero-order valence-electron chi connectivity index (χ0n) is 31.1. The molecule has 0 saturated carbocycles. The molecule has 0 aromatic heterocycles. The molecule has 0 amide bonds. The van der Waals surface area contributed by atoms with Gasteiger partial charge in [-0.25, -0.2) is 0 Å². The summed E-state index contributed by atoms with van der Waals surface area (Å²) in [6.45, 7) is 4.55. The van der Waals surface area contributed by atoms with Crippen molar-refractivity contribution in [3.05, 3.63) is 0 Å². The van der Waals surface area contributed by atoms with Crippen molar-refractivity contribution in [2.75, 3.05) is 0 Å². The van der Waals surface area contributed by atoms with Crippen molar-refractivity contribution in [3.8, 4) is 0 Å². The number of hydrogen-bond donors (Lipinski definition) is 0. The van der Waals surface area contributed by atoms with Crippen LogP contribution < -0.4 is 10.2 Å². The maximum Gasteiger partial charge on any atom is 3.00 e. The van der Waals surface area contributed by atoms with Gasteiger partial charge in [-0.15, -0.1) is 0 Å². The van der Waals surface area contributed by atoms with Crippen LogP contribution in [0.2, 0.25) is 0 Å². The summed E-state index contributed by atoms with van der Waals surface area (Å²) >= 11 is 0. The van der Waals surface area contributed by atoms with Crippen molar-refractivity contribution in [3.63, 3.8) is 0 Å². The Morgan fingerprint density at radius 3 is 0.565 bits per heavy atom. The molecule has 0 aliphatic heterocycles. The molecule has 0 rings (SSSR count). The number of carbonyl (C=O) groups is 2. The quantitative estimate of drug-likeness (QED) is 0.0488. The first-order valence-electron chi connectivity index (χ1n) is 19.9. The van der Waals surface area contributed by atoms with E-state index in [1.807, 2.05) is 0 Å². The molecule has 0 atom stereocenters. The summed E-state index contributed by atoms with van der Waals surface area (Å²) in [5.41, 5.74) is 0. The van der Waals surface area contributed by atoms with E-state index >= 15 is 0 Å². The summed E-state index contributed by atoms with van der Waals surface area (Å²) in [5, 5.41) is 20.5. The first kappa shape index (κ1) is 52.2. The van der Waals surface area contributed by atoms with E-state index in [1.165, 1.54) is 193 Å². The fourth-order valence-corrected chi connectivity index (χ4v) is 5.99. The third kappa shape index (κ3) is 55.8. The maximum absolute atomic E-state index is 10.2. The van der Waals surface area contributed by atoms with Gasteiger partial charge in [0.1, 0.15) is 0 Å². The molecule has 0 heterocycles. The third-order valence-corrected chi connectivity index (χ3v) is 8.97. The van der Waals surface area contributed by atoms with E-state index in [1.54, 1.807) is 0 Å². The fourth-order valence-electron chi connectivity index (χ4n) is 5.99. The molecule has 272 valence electrons. The van der Waals surface area contributed by atoms with Crippen molar-refractivity contribution >= 4 is 29.3 Å². The van der Waals surface area contributed by atoms with Crippen molar-refractivity contribution in [1.82, 2.24) is 0 Å². The van der Waals surface area contributed by atoms with Crippen molar-refractivity contribution in [2.24, 2.45) is 0 Å². The Balaban J connectivity index is -0.000000367. The molecule has 0 aromatic carbocycles. The first-order valence-corrected chi connectivity index (χ1v) is 19.9. The van der Waals surface area contributed by atoms with Gasteiger partial charge in [0, 0.05) is 11.9 Å². The number of rotatable bonds is 36. The number of hydrogen-bond acceptors (Lipinski definition) is 5. The number of carbonyl (C=O) groups excluding carboxylic acids is 2. The summed E-state index contributed by atoms with van der Waals surface area (Å²) in [6.07, 6.45) is 45.6. The topological polar surface area (TPSA) is 110 Å². The number of carboxylic acids is 2. The Kier molecular flexibility index (Phi) is 55.5. The van der Waals surface area contributed by atoms with Crippen molar-refractivity contribution < 1.29 is 25.3 Å². The van der Waals surface area contributed by atoms with Crippen LogP contribution in [0.4, 0.5) is 0 Å². The Bertz CT molecular complexity index is 510. The Labute approximate surface area is 298 Å². The van der Waals surface area contributed by atoms with Gasteiger partial charge in [-0.05, 0) is 25.7 Å². The van der Waals surface area contributed by atoms with E-state index in [9.17, 15) is 19.8 Å². The molecular formula is C40H79AlO5. The monoisotopic (exact) mass is 667 g/mol. The molecule has 0 aromatic rings. The molecule has 0 saturated heterocycles. The van der Waals surface area contributed by atoms with Gasteiger partial charge in [0.05, 0.1) is 0 Å². The van der Waals surface area contributed by atoms with Crippen LogP contribution in [0.5, 0.6) is 0 Å². The van der Waals surface area contributed by atoms with E-state index < -0.39 is 11.9 Å². The molecule has 0 radical (unpaired) electrons. The van der Waals surface area contributed by atoms with E-state index in [2.05, 4.69) is 13.8 Å². The molecule has 6 heteroatoms. The van der Waals surface area contributed by atoms with Gasteiger partial charge < -0.3 is 25.3 Å². The third-order valence-electron chi connectivity index (χ3n) is 8.97. The van der Waals surface area contributed by atoms with Crippen molar-refractivity contribution in [2.45, 2.75) is 245 Å². The zero-order valence-corrected chi connectivity index (χ0v) is 32.3. The molecule has 1 N–H and O–H groups in total. The van der Waals surface area contributed by atoms with E-state index in [-0.39, 0.29) is 35.7 Å². The van der Waals surface area contributed by atoms with Gasteiger partial charge in [0.15, 0.2) is 0 Å². The van der Waals surface area contributed by atoms with Crippen LogP contribution in [0.15, 0.2) is 0 Å². The van der Waals surface area contributed by atoms with Crippen LogP contribution in [0, 0.1) is 0 Å². The minimum Gasteiger partial charge on any atom is -0.870 e. The standard InChI is InChI=1S/2C20H40O2.Al.H2O/c2*1-2-3-4-5-6-7-8-9-10-11-12-13-14-15-16-17-18-19-20(21)22;;/h2*2-19H2,1H3,(H,21,22);;1H2/q;;+3;/p-3. The summed E-state index contributed by atoms with van der Waals surface area (Å²) in [5.74, 6) is -1.80. The zero-order chi connectivity index (χ0) is 32.6. The molecule has 0 bridgehead atoms. The smallest absolute Gasteiger partial charge is 0.870 e. The largest absolute Gasteiger partial charge is 3.00 e. The maximum atomic E-state index is 10.2.